The molecule has 2 aromatic rings. The minimum Gasteiger partial charge on any atom is -0.364 e. The minimum atomic E-state index is -0.0284. The Bertz CT molecular complexity index is 634. The lowest BCUT2D eigenvalue weighted by molar-refractivity contribution is 0.141. The number of carbonyl (C=O) groups is 1. The Morgan fingerprint density at radius 2 is 2.09 bits per heavy atom. The van der Waals surface area contributed by atoms with Gasteiger partial charge in [0.1, 0.15) is 6.26 Å². The summed E-state index contributed by atoms with van der Waals surface area (Å²) in [5, 5.41) is 6.91. The van der Waals surface area contributed by atoms with E-state index in [-0.39, 0.29) is 6.03 Å². The Hall–Kier alpha value is -2.34. The van der Waals surface area contributed by atoms with Crippen LogP contribution in [0.25, 0.3) is 0 Å². The maximum atomic E-state index is 12.4. The fraction of sp³-hybridized carbons (Fsp3) is 0.412. The summed E-state index contributed by atoms with van der Waals surface area (Å²) in [4.78, 5) is 16.5. The number of carbonyl (C=O) groups excluding carboxylic acids is 1. The van der Waals surface area contributed by atoms with Gasteiger partial charge < -0.3 is 14.7 Å². The van der Waals surface area contributed by atoms with Gasteiger partial charge in [-0.25, -0.2) is 4.79 Å². The highest BCUT2D eigenvalue weighted by atomic mass is 16.5. The molecule has 122 valence electrons. The van der Waals surface area contributed by atoms with Crippen molar-refractivity contribution < 1.29 is 9.32 Å². The molecule has 0 bridgehead atoms. The van der Waals surface area contributed by atoms with Crippen LogP contribution in [0.15, 0.2) is 41.1 Å². The maximum absolute atomic E-state index is 12.4. The molecule has 0 atom stereocenters. The number of rotatable bonds is 4. The third-order valence-corrected chi connectivity index (χ3v) is 4.12. The van der Waals surface area contributed by atoms with Gasteiger partial charge in [0.2, 0.25) is 0 Å². The van der Waals surface area contributed by atoms with Crippen LogP contribution in [0.1, 0.15) is 18.2 Å². The lowest BCUT2D eigenvalue weighted by Crippen LogP contribution is -2.49. The van der Waals surface area contributed by atoms with E-state index in [9.17, 15) is 4.79 Å². The molecule has 6 heteroatoms. The van der Waals surface area contributed by atoms with Crippen molar-refractivity contribution in [3.63, 3.8) is 0 Å². The van der Waals surface area contributed by atoms with Gasteiger partial charge >= 0.3 is 6.03 Å². The molecule has 23 heavy (non-hydrogen) atoms. The molecule has 1 aliphatic heterocycles. The molecule has 1 aromatic heterocycles. The van der Waals surface area contributed by atoms with Crippen LogP contribution in [0.2, 0.25) is 0 Å². The van der Waals surface area contributed by atoms with Gasteiger partial charge in [0.15, 0.2) is 0 Å². The second-order valence-electron chi connectivity index (χ2n) is 5.74. The summed E-state index contributed by atoms with van der Waals surface area (Å²) in [5.41, 5.74) is 3.01. The summed E-state index contributed by atoms with van der Waals surface area (Å²) in [6.45, 7) is 6.00. The van der Waals surface area contributed by atoms with Crippen molar-refractivity contribution in [2.75, 3.05) is 31.5 Å². The summed E-state index contributed by atoms with van der Waals surface area (Å²) >= 11 is 0. The van der Waals surface area contributed by atoms with E-state index in [2.05, 4.69) is 28.4 Å². The number of aromatic nitrogens is 1. The fourth-order valence-corrected chi connectivity index (χ4v) is 2.73. The van der Waals surface area contributed by atoms with E-state index in [0.717, 1.165) is 50.5 Å². The SMILES string of the molecule is CCc1cccc(NC(=O)N2CCN(Cc3ccon3)CC2)c1. The molecule has 0 aliphatic carbocycles. The number of anilines is 1. The lowest BCUT2D eigenvalue weighted by atomic mass is 10.1. The second-order valence-corrected chi connectivity index (χ2v) is 5.74. The van der Waals surface area contributed by atoms with Gasteiger partial charge in [-0.15, -0.1) is 0 Å². The number of amides is 2. The number of nitrogens with one attached hydrogen (secondary N) is 1. The van der Waals surface area contributed by atoms with E-state index < -0.39 is 0 Å². The number of urea groups is 1. The summed E-state index contributed by atoms with van der Waals surface area (Å²) in [5.74, 6) is 0. The lowest BCUT2D eigenvalue weighted by Gasteiger charge is -2.34. The number of hydrogen-bond acceptors (Lipinski definition) is 4. The van der Waals surface area contributed by atoms with Gasteiger partial charge in [-0.2, -0.15) is 0 Å². The third-order valence-electron chi connectivity index (χ3n) is 4.12. The van der Waals surface area contributed by atoms with Crippen molar-refractivity contribution in [3.8, 4) is 0 Å². The third kappa shape index (κ3) is 4.10. The van der Waals surface area contributed by atoms with Gasteiger partial charge in [-0.05, 0) is 24.1 Å². The molecule has 0 unspecified atom stereocenters. The highest BCUT2D eigenvalue weighted by Crippen LogP contribution is 2.13. The average Bonchev–Trinajstić information content (AvgIpc) is 3.08. The number of aryl methyl sites for hydroxylation is 1. The van der Waals surface area contributed by atoms with E-state index in [1.54, 1.807) is 6.26 Å². The van der Waals surface area contributed by atoms with Crippen LogP contribution in [0.4, 0.5) is 10.5 Å². The van der Waals surface area contributed by atoms with E-state index in [1.807, 2.05) is 29.2 Å². The molecule has 6 nitrogen and oxygen atoms in total. The van der Waals surface area contributed by atoms with Crippen LogP contribution in [-0.4, -0.2) is 47.2 Å². The summed E-state index contributed by atoms with van der Waals surface area (Å²) in [6, 6.07) is 9.85. The van der Waals surface area contributed by atoms with Gasteiger partial charge in [0.25, 0.3) is 0 Å². The zero-order chi connectivity index (χ0) is 16.1. The van der Waals surface area contributed by atoms with Gasteiger partial charge in [-0.3, -0.25) is 4.90 Å². The monoisotopic (exact) mass is 314 g/mol. The van der Waals surface area contributed by atoms with E-state index in [4.69, 9.17) is 4.52 Å². The van der Waals surface area contributed by atoms with E-state index in [0.29, 0.717) is 0 Å². The Kier molecular flexibility index (Phi) is 4.92. The first-order valence-electron chi connectivity index (χ1n) is 8.01. The first-order chi connectivity index (χ1) is 11.2. The smallest absolute Gasteiger partial charge is 0.321 e. The van der Waals surface area contributed by atoms with Gasteiger partial charge in [-0.1, -0.05) is 24.2 Å². The highest BCUT2D eigenvalue weighted by Gasteiger charge is 2.21. The molecular weight excluding hydrogens is 292 g/mol. The minimum absolute atomic E-state index is 0.0284. The molecule has 1 N–H and O–H groups in total. The van der Waals surface area contributed by atoms with Crippen LogP contribution in [-0.2, 0) is 13.0 Å². The predicted octanol–water partition coefficient (Wildman–Crippen LogP) is 2.59. The molecule has 2 heterocycles. The molecule has 1 aromatic carbocycles. The van der Waals surface area contributed by atoms with Crippen LogP contribution in [0.3, 0.4) is 0 Å². The summed E-state index contributed by atoms with van der Waals surface area (Å²) in [6.07, 6.45) is 2.55. The van der Waals surface area contributed by atoms with Crippen molar-refractivity contribution in [2.45, 2.75) is 19.9 Å². The standard InChI is InChI=1S/C17H22N4O2/c1-2-14-4-3-5-15(12-14)18-17(22)21-9-7-20(8-10-21)13-16-6-11-23-19-16/h3-6,11-12H,2,7-10,13H2,1H3,(H,18,22). The maximum Gasteiger partial charge on any atom is 0.321 e. The number of benzene rings is 1. The predicted molar refractivity (Wildman–Crippen MR) is 88.2 cm³/mol. The van der Waals surface area contributed by atoms with Crippen molar-refractivity contribution >= 4 is 11.7 Å². The molecule has 1 fully saturated rings. The molecular formula is C17H22N4O2. The zero-order valence-electron chi connectivity index (χ0n) is 13.4. The Morgan fingerprint density at radius 1 is 1.26 bits per heavy atom. The van der Waals surface area contributed by atoms with Gasteiger partial charge in [0.05, 0.1) is 5.69 Å². The van der Waals surface area contributed by atoms with Crippen LogP contribution >= 0.6 is 0 Å². The largest absolute Gasteiger partial charge is 0.364 e. The molecule has 0 radical (unpaired) electrons. The Balaban J connectivity index is 1.49. The molecule has 0 spiro atoms. The van der Waals surface area contributed by atoms with Crippen molar-refractivity contribution in [1.82, 2.24) is 15.0 Å². The second kappa shape index (κ2) is 7.28. The number of piperazine rings is 1. The van der Waals surface area contributed by atoms with E-state index in [1.165, 1.54) is 5.56 Å². The molecule has 1 aliphatic rings. The van der Waals surface area contributed by atoms with Crippen molar-refractivity contribution in [3.05, 3.63) is 47.9 Å². The summed E-state index contributed by atoms with van der Waals surface area (Å²) in [7, 11) is 0. The molecule has 3 rings (SSSR count). The quantitative estimate of drug-likeness (QED) is 0.942. The fourth-order valence-electron chi connectivity index (χ4n) is 2.73. The molecule has 2 amide bonds. The molecule has 1 saturated heterocycles. The van der Waals surface area contributed by atoms with Crippen molar-refractivity contribution in [2.24, 2.45) is 0 Å². The zero-order valence-corrected chi connectivity index (χ0v) is 13.4. The first kappa shape index (κ1) is 15.6. The Morgan fingerprint density at radius 3 is 2.78 bits per heavy atom. The number of hydrogen-bond donors (Lipinski definition) is 1. The van der Waals surface area contributed by atoms with Gasteiger partial charge in [0, 0.05) is 44.5 Å². The Labute approximate surface area is 136 Å². The van der Waals surface area contributed by atoms with Crippen LogP contribution in [0, 0.1) is 0 Å². The topological polar surface area (TPSA) is 61.6 Å². The highest BCUT2D eigenvalue weighted by molar-refractivity contribution is 5.89. The van der Waals surface area contributed by atoms with Crippen LogP contribution < -0.4 is 5.32 Å². The summed E-state index contributed by atoms with van der Waals surface area (Å²) < 4.78 is 4.85. The van der Waals surface area contributed by atoms with E-state index >= 15 is 0 Å². The van der Waals surface area contributed by atoms with Crippen LogP contribution in [0.5, 0.6) is 0 Å². The molecule has 0 saturated carbocycles. The first-order valence-corrected chi connectivity index (χ1v) is 8.01. The number of nitrogens with zero attached hydrogens (tertiary/aromatic N) is 3. The average molecular weight is 314 g/mol. The van der Waals surface area contributed by atoms with Crippen molar-refractivity contribution in [1.29, 1.82) is 0 Å². The normalized spacial score (nSPS) is 15.6.